The lowest BCUT2D eigenvalue weighted by molar-refractivity contribution is 0.0952. The summed E-state index contributed by atoms with van der Waals surface area (Å²) >= 11 is 0. The van der Waals surface area contributed by atoms with Crippen LogP contribution in [0.15, 0.2) is 48.5 Å². The summed E-state index contributed by atoms with van der Waals surface area (Å²) in [5.74, 6) is 0.833. The van der Waals surface area contributed by atoms with Gasteiger partial charge in [-0.1, -0.05) is 51.1 Å². The molecule has 0 saturated carbocycles. The number of amides is 1. The molecule has 0 spiro atoms. The maximum absolute atomic E-state index is 12.5. The quantitative estimate of drug-likeness (QED) is 0.589. The summed E-state index contributed by atoms with van der Waals surface area (Å²) in [7, 11) is 0. The first-order chi connectivity index (χ1) is 13.2. The van der Waals surface area contributed by atoms with E-state index in [4.69, 9.17) is 4.74 Å². The number of para-hydroxylation sites is 1. The maximum atomic E-state index is 12.5. The van der Waals surface area contributed by atoms with Crippen molar-refractivity contribution in [2.75, 3.05) is 32.8 Å². The minimum atomic E-state index is -0.0247. The first-order valence-corrected chi connectivity index (χ1v) is 10.0. The molecule has 2 aromatic carbocycles. The highest BCUT2D eigenvalue weighted by Crippen LogP contribution is 2.30. The van der Waals surface area contributed by atoms with Crippen LogP contribution in [-0.2, 0) is 0 Å². The van der Waals surface area contributed by atoms with Crippen molar-refractivity contribution >= 4 is 5.91 Å². The molecule has 0 saturated heterocycles. The summed E-state index contributed by atoms with van der Waals surface area (Å²) in [6.45, 7) is 10.9. The molecule has 4 heteroatoms. The van der Waals surface area contributed by atoms with Gasteiger partial charge >= 0.3 is 0 Å². The van der Waals surface area contributed by atoms with Gasteiger partial charge < -0.3 is 15.0 Å². The van der Waals surface area contributed by atoms with Gasteiger partial charge in [-0.05, 0) is 56.2 Å². The monoisotopic (exact) mass is 368 g/mol. The molecule has 27 heavy (non-hydrogen) atoms. The van der Waals surface area contributed by atoms with E-state index < -0.39 is 0 Å². The molecule has 4 nitrogen and oxygen atoms in total. The van der Waals surface area contributed by atoms with E-state index in [0.29, 0.717) is 18.7 Å². The van der Waals surface area contributed by atoms with Crippen LogP contribution in [0.4, 0.5) is 0 Å². The zero-order chi connectivity index (χ0) is 19.5. The number of hydrogen-bond acceptors (Lipinski definition) is 3. The average molecular weight is 369 g/mol. The van der Waals surface area contributed by atoms with Crippen LogP contribution in [0.2, 0.25) is 0 Å². The second kappa shape index (κ2) is 11.4. The van der Waals surface area contributed by atoms with Gasteiger partial charge in [0.1, 0.15) is 5.75 Å². The number of benzene rings is 2. The molecule has 0 aliphatic rings. The zero-order valence-corrected chi connectivity index (χ0v) is 16.8. The van der Waals surface area contributed by atoms with Crippen molar-refractivity contribution in [3.05, 3.63) is 54.1 Å². The molecule has 2 rings (SSSR count). The van der Waals surface area contributed by atoms with E-state index in [9.17, 15) is 4.79 Å². The van der Waals surface area contributed by atoms with E-state index >= 15 is 0 Å². The number of ether oxygens (including phenoxy) is 1. The van der Waals surface area contributed by atoms with Crippen molar-refractivity contribution in [2.24, 2.45) is 0 Å². The molecule has 2 aromatic rings. The van der Waals surface area contributed by atoms with Crippen molar-refractivity contribution in [1.29, 1.82) is 0 Å². The van der Waals surface area contributed by atoms with Gasteiger partial charge in [-0.25, -0.2) is 0 Å². The number of nitrogens with zero attached hydrogens (tertiary/aromatic N) is 1. The molecule has 0 aliphatic carbocycles. The predicted octanol–water partition coefficient (Wildman–Crippen LogP) is 4.60. The van der Waals surface area contributed by atoms with Gasteiger partial charge in [0.2, 0.25) is 0 Å². The summed E-state index contributed by atoms with van der Waals surface area (Å²) in [5.41, 5.74) is 2.69. The molecule has 0 aromatic heterocycles. The molecular weight excluding hydrogens is 336 g/mol. The van der Waals surface area contributed by atoms with E-state index in [1.807, 2.05) is 48.5 Å². The van der Waals surface area contributed by atoms with Crippen molar-refractivity contribution in [1.82, 2.24) is 10.2 Å². The van der Waals surface area contributed by atoms with Gasteiger partial charge in [0.05, 0.1) is 6.61 Å². The Morgan fingerprint density at radius 2 is 1.81 bits per heavy atom. The Hall–Kier alpha value is -2.33. The van der Waals surface area contributed by atoms with Crippen molar-refractivity contribution in [2.45, 2.75) is 33.6 Å². The molecule has 0 heterocycles. The first-order valence-electron chi connectivity index (χ1n) is 10.0. The van der Waals surface area contributed by atoms with Gasteiger partial charge in [-0.3, -0.25) is 4.79 Å². The molecule has 0 atom stereocenters. The minimum Gasteiger partial charge on any atom is -0.493 e. The van der Waals surface area contributed by atoms with E-state index in [1.54, 1.807) is 0 Å². The first kappa shape index (κ1) is 21.0. The van der Waals surface area contributed by atoms with Crippen molar-refractivity contribution in [3.8, 4) is 16.9 Å². The topological polar surface area (TPSA) is 41.6 Å². The fraction of sp³-hybridized carbons (Fsp3) is 0.435. The Morgan fingerprint density at radius 1 is 1.04 bits per heavy atom. The standard InChI is InChI=1S/C23H32N2O2/c1-4-17-27-22-14-8-7-13-21(22)19-11-9-12-20(18-19)23(26)24-15-10-16-25(5-2)6-3/h7-9,11-14,18H,4-6,10,15-17H2,1-3H3,(H,24,26). The third kappa shape index (κ3) is 6.40. The predicted molar refractivity (Wildman–Crippen MR) is 112 cm³/mol. The van der Waals surface area contributed by atoms with Crippen molar-refractivity contribution in [3.63, 3.8) is 0 Å². The Labute approximate surface area is 163 Å². The van der Waals surface area contributed by atoms with Gasteiger partial charge in [0.25, 0.3) is 5.91 Å². The second-order valence-electron chi connectivity index (χ2n) is 6.56. The minimum absolute atomic E-state index is 0.0247. The normalized spacial score (nSPS) is 10.8. The Morgan fingerprint density at radius 3 is 2.56 bits per heavy atom. The average Bonchev–Trinajstić information content (AvgIpc) is 2.72. The van der Waals surface area contributed by atoms with Gasteiger partial charge in [-0.15, -0.1) is 0 Å². The SMILES string of the molecule is CCCOc1ccccc1-c1cccc(C(=O)NCCCN(CC)CC)c1. The maximum Gasteiger partial charge on any atom is 0.251 e. The molecule has 146 valence electrons. The van der Waals surface area contributed by atoms with Crippen LogP contribution < -0.4 is 10.1 Å². The molecule has 0 aliphatic heterocycles. The summed E-state index contributed by atoms with van der Waals surface area (Å²) in [6.07, 6.45) is 1.92. The third-order valence-corrected chi connectivity index (χ3v) is 4.62. The Bertz CT molecular complexity index is 711. The molecule has 0 fully saturated rings. The van der Waals surface area contributed by atoms with Crippen LogP contribution in [0.25, 0.3) is 11.1 Å². The summed E-state index contributed by atoms with van der Waals surface area (Å²) in [5, 5.41) is 3.03. The van der Waals surface area contributed by atoms with Crippen LogP contribution >= 0.6 is 0 Å². The molecular formula is C23H32N2O2. The van der Waals surface area contributed by atoms with Crippen LogP contribution in [0.5, 0.6) is 5.75 Å². The third-order valence-electron chi connectivity index (χ3n) is 4.62. The van der Waals surface area contributed by atoms with Gasteiger partial charge in [0, 0.05) is 17.7 Å². The van der Waals surface area contributed by atoms with E-state index in [-0.39, 0.29) is 5.91 Å². The second-order valence-corrected chi connectivity index (χ2v) is 6.56. The molecule has 0 bridgehead atoms. The van der Waals surface area contributed by atoms with Gasteiger partial charge in [0.15, 0.2) is 0 Å². The fourth-order valence-corrected chi connectivity index (χ4v) is 3.02. The Kier molecular flexibility index (Phi) is 8.85. The number of nitrogens with one attached hydrogen (secondary N) is 1. The number of carbonyl (C=O) groups is 1. The zero-order valence-electron chi connectivity index (χ0n) is 16.8. The molecule has 0 radical (unpaired) electrons. The van der Waals surface area contributed by atoms with Gasteiger partial charge in [-0.2, -0.15) is 0 Å². The van der Waals surface area contributed by atoms with E-state index in [2.05, 4.69) is 31.0 Å². The lowest BCUT2D eigenvalue weighted by Crippen LogP contribution is -2.29. The largest absolute Gasteiger partial charge is 0.493 e. The van der Waals surface area contributed by atoms with Crippen LogP contribution in [0, 0.1) is 0 Å². The lowest BCUT2D eigenvalue weighted by atomic mass is 10.0. The Balaban J connectivity index is 2.02. The summed E-state index contributed by atoms with van der Waals surface area (Å²) < 4.78 is 5.86. The van der Waals surface area contributed by atoms with Crippen molar-refractivity contribution < 1.29 is 9.53 Å². The molecule has 1 amide bonds. The van der Waals surface area contributed by atoms with Crippen LogP contribution in [0.1, 0.15) is 44.0 Å². The fourth-order valence-electron chi connectivity index (χ4n) is 3.02. The molecule has 0 unspecified atom stereocenters. The number of hydrogen-bond donors (Lipinski definition) is 1. The van der Waals surface area contributed by atoms with Crippen LogP contribution in [0.3, 0.4) is 0 Å². The van der Waals surface area contributed by atoms with Crippen LogP contribution in [-0.4, -0.2) is 43.6 Å². The highest BCUT2D eigenvalue weighted by molar-refractivity contribution is 5.95. The smallest absolute Gasteiger partial charge is 0.251 e. The lowest BCUT2D eigenvalue weighted by Gasteiger charge is -2.17. The van der Waals surface area contributed by atoms with E-state index in [0.717, 1.165) is 49.4 Å². The summed E-state index contributed by atoms with van der Waals surface area (Å²) in [6, 6.07) is 15.7. The number of rotatable bonds is 11. The summed E-state index contributed by atoms with van der Waals surface area (Å²) in [4.78, 5) is 14.9. The van der Waals surface area contributed by atoms with E-state index in [1.165, 1.54) is 0 Å². The highest BCUT2D eigenvalue weighted by atomic mass is 16.5. The molecule has 1 N–H and O–H groups in total. The highest BCUT2D eigenvalue weighted by Gasteiger charge is 2.10. The number of carbonyl (C=O) groups excluding carboxylic acids is 1.